The Hall–Kier alpha value is -1.93. The third kappa shape index (κ3) is 2.45. The Morgan fingerprint density at radius 2 is 2.53 bits per heavy atom. The van der Waals surface area contributed by atoms with Gasteiger partial charge in [0.05, 0.1) is 0 Å². The van der Waals surface area contributed by atoms with E-state index in [1.54, 1.807) is 13.2 Å². The molecule has 0 saturated carbocycles. The molecule has 0 aromatic carbocycles. The molecule has 8 heteroatoms. The molecule has 0 aliphatic carbocycles. The summed E-state index contributed by atoms with van der Waals surface area (Å²) < 4.78 is 10.1. The van der Waals surface area contributed by atoms with Crippen molar-refractivity contribution in [3.63, 3.8) is 0 Å². The monoisotopic (exact) mass is 264 g/mol. The van der Waals surface area contributed by atoms with Crippen molar-refractivity contribution >= 4 is 5.95 Å². The number of aromatic amines is 1. The molecule has 0 spiro atoms. The number of methoxy groups -OCH3 is 1. The molecule has 102 valence electrons. The number of anilines is 1. The molecule has 19 heavy (non-hydrogen) atoms. The van der Waals surface area contributed by atoms with Crippen LogP contribution in [-0.4, -0.2) is 46.6 Å². The molecule has 1 saturated heterocycles. The van der Waals surface area contributed by atoms with E-state index in [4.69, 9.17) is 15.0 Å². The van der Waals surface area contributed by atoms with E-state index in [0.717, 1.165) is 19.5 Å². The van der Waals surface area contributed by atoms with Crippen LogP contribution in [0.4, 0.5) is 5.95 Å². The number of hydrogen-bond donors (Lipinski definition) is 2. The molecule has 3 N–H and O–H groups in total. The molecule has 0 amide bonds. The van der Waals surface area contributed by atoms with Crippen LogP contribution in [0.2, 0.25) is 0 Å². The van der Waals surface area contributed by atoms with Crippen molar-refractivity contribution in [3.8, 4) is 11.5 Å². The summed E-state index contributed by atoms with van der Waals surface area (Å²) in [5.74, 6) is 1.89. The maximum absolute atomic E-state index is 5.87. The molecule has 0 radical (unpaired) electrons. The maximum atomic E-state index is 5.87. The van der Waals surface area contributed by atoms with Crippen LogP contribution in [0.3, 0.4) is 0 Å². The zero-order valence-electron chi connectivity index (χ0n) is 10.7. The van der Waals surface area contributed by atoms with Gasteiger partial charge in [0.15, 0.2) is 17.3 Å². The second kappa shape index (κ2) is 4.98. The van der Waals surface area contributed by atoms with Gasteiger partial charge in [-0.3, -0.25) is 5.10 Å². The van der Waals surface area contributed by atoms with Crippen LogP contribution < -0.4 is 10.6 Å². The summed E-state index contributed by atoms with van der Waals surface area (Å²) in [5.41, 5.74) is 6.49. The Morgan fingerprint density at radius 3 is 3.26 bits per heavy atom. The number of H-pyrrole nitrogens is 1. The number of hydrogen-bond acceptors (Lipinski definition) is 7. The normalized spacial score (nSPS) is 19.3. The van der Waals surface area contributed by atoms with Gasteiger partial charge < -0.3 is 19.9 Å². The van der Waals surface area contributed by atoms with Crippen molar-refractivity contribution in [1.29, 1.82) is 0 Å². The molecular weight excluding hydrogens is 248 g/mol. The lowest BCUT2D eigenvalue weighted by Gasteiger charge is -2.11. The lowest BCUT2D eigenvalue weighted by atomic mass is 10.3. The van der Waals surface area contributed by atoms with Gasteiger partial charge in [-0.05, 0) is 6.42 Å². The number of nitrogens with two attached hydrogens (primary N) is 1. The van der Waals surface area contributed by atoms with Crippen molar-refractivity contribution in [3.05, 3.63) is 11.8 Å². The van der Waals surface area contributed by atoms with Crippen molar-refractivity contribution in [2.24, 2.45) is 5.73 Å². The highest BCUT2D eigenvalue weighted by atomic mass is 16.5. The highest BCUT2D eigenvalue weighted by molar-refractivity contribution is 5.51. The van der Waals surface area contributed by atoms with E-state index in [0.29, 0.717) is 29.8 Å². The lowest BCUT2D eigenvalue weighted by molar-refractivity contribution is 0.156. The Kier molecular flexibility index (Phi) is 3.18. The van der Waals surface area contributed by atoms with Crippen LogP contribution in [0.25, 0.3) is 11.5 Å². The minimum absolute atomic E-state index is 0.197. The van der Waals surface area contributed by atoms with Crippen LogP contribution in [-0.2, 0) is 11.3 Å². The number of nitrogens with one attached hydrogen (secondary N) is 1. The molecule has 8 nitrogen and oxygen atoms in total. The van der Waals surface area contributed by atoms with Gasteiger partial charge in [-0.2, -0.15) is 4.98 Å². The van der Waals surface area contributed by atoms with Gasteiger partial charge in [0.2, 0.25) is 5.95 Å². The van der Waals surface area contributed by atoms with Crippen LogP contribution in [0, 0.1) is 0 Å². The number of ether oxygens (including phenoxy) is 1. The highest BCUT2D eigenvalue weighted by Gasteiger charge is 2.23. The zero-order valence-corrected chi connectivity index (χ0v) is 10.7. The summed E-state index contributed by atoms with van der Waals surface area (Å²) in [7, 11) is 1.60. The topological polar surface area (TPSA) is 106 Å². The van der Waals surface area contributed by atoms with Crippen LogP contribution >= 0.6 is 0 Å². The Morgan fingerprint density at radius 1 is 1.63 bits per heavy atom. The van der Waals surface area contributed by atoms with Gasteiger partial charge in [0.1, 0.15) is 6.61 Å². The van der Waals surface area contributed by atoms with E-state index in [1.807, 2.05) is 0 Å². The molecule has 2 aromatic rings. The third-order valence-corrected chi connectivity index (χ3v) is 3.07. The zero-order chi connectivity index (χ0) is 13.2. The Bertz CT molecular complexity index is 551. The molecular formula is C11H16N6O2. The first kappa shape index (κ1) is 12.1. The Balaban J connectivity index is 1.76. The minimum atomic E-state index is 0.197. The fraction of sp³-hybridized carbons (Fsp3) is 0.545. The molecule has 1 fully saturated rings. The number of aromatic nitrogens is 4. The predicted octanol–water partition coefficient (Wildman–Crippen LogP) is 0.144. The van der Waals surface area contributed by atoms with Crippen LogP contribution in [0.5, 0.6) is 0 Å². The average molecular weight is 264 g/mol. The first-order valence-electron chi connectivity index (χ1n) is 6.14. The smallest absolute Gasteiger partial charge is 0.245 e. The van der Waals surface area contributed by atoms with Crippen molar-refractivity contribution < 1.29 is 9.26 Å². The molecule has 1 aliphatic rings. The van der Waals surface area contributed by atoms with Crippen LogP contribution in [0.15, 0.2) is 10.6 Å². The standard InChI is InChI=1S/C11H16N6O2/c1-18-6-8-4-9(16-19-8)10-13-11(15-14-10)17-3-2-7(12)5-17/h4,7H,2-3,5-6,12H2,1H3,(H,13,14,15). The van der Waals surface area contributed by atoms with Gasteiger partial charge >= 0.3 is 0 Å². The number of rotatable bonds is 4. The molecule has 1 atom stereocenters. The molecule has 1 aliphatic heterocycles. The van der Waals surface area contributed by atoms with Gasteiger partial charge in [-0.25, -0.2) is 0 Å². The minimum Gasteiger partial charge on any atom is -0.377 e. The molecule has 1 unspecified atom stereocenters. The summed E-state index contributed by atoms with van der Waals surface area (Å²) in [4.78, 5) is 6.47. The van der Waals surface area contributed by atoms with E-state index in [2.05, 4.69) is 25.2 Å². The number of nitrogens with zero attached hydrogens (tertiary/aromatic N) is 4. The summed E-state index contributed by atoms with van der Waals surface area (Å²) >= 11 is 0. The van der Waals surface area contributed by atoms with Gasteiger partial charge in [0.25, 0.3) is 0 Å². The summed E-state index contributed by atoms with van der Waals surface area (Å²) in [6.07, 6.45) is 0.964. The van der Waals surface area contributed by atoms with E-state index in [9.17, 15) is 0 Å². The van der Waals surface area contributed by atoms with E-state index >= 15 is 0 Å². The van der Waals surface area contributed by atoms with Crippen molar-refractivity contribution in [2.45, 2.75) is 19.1 Å². The van der Waals surface area contributed by atoms with Gasteiger partial charge in [-0.15, -0.1) is 5.10 Å². The Labute approximate surface area is 109 Å². The summed E-state index contributed by atoms with van der Waals surface area (Å²) in [6, 6.07) is 1.98. The highest BCUT2D eigenvalue weighted by Crippen LogP contribution is 2.20. The fourth-order valence-corrected chi connectivity index (χ4v) is 2.11. The first-order chi connectivity index (χ1) is 9.26. The first-order valence-corrected chi connectivity index (χ1v) is 6.14. The van der Waals surface area contributed by atoms with E-state index in [-0.39, 0.29) is 6.04 Å². The third-order valence-electron chi connectivity index (χ3n) is 3.07. The lowest BCUT2D eigenvalue weighted by Crippen LogP contribution is -2.26. The maximum Gasteiger partial charge on any atom is 0.245 e. The van der Waals surface area contributed by atoms with Crippen LogP contribution in [0.1, 0.15) is 12.2 Å². The summed E-state index contributed by atoms with van der Waals surface area (Å²) in [5, 5.41) is 11.0. The predicted molar refractivity (Wildman–Crippen MR) is 67.4 cm³/mol. The largest absolute Gasteiger partial charge is 0.377 e. The van der Waals surface area contributed by atoms with Crippen molar-refractivity contribution in [1.82, 2.24) is 20.3 Å². The van der Waals surface area contributed by atoms with Gasteiger partial charge in [0, 0.05) is 32.3 Å². The molecule has 0 bridgehead atoms. The second-order valence-electron chi connectivity index (χ2n) is 4.59. The van der Waals surface area contributed by atoms with Gasteiger partial charge in [-0.1, -0.05) is 5.16 Å². The summed E-state index contributed by atoms with van der Waals surface area (Å²) in [6.45, 7) is 2.05. The quantitative estimate of drug-likeness (QED) is 0.809. The molecule has 3 heterocycles. The van der Waals surface area contributed by atoms with E-state index < -0.39 is 0 Å². The SMILES string of the molecule is COCc1cc(-c2nc(N3CCC(N)C3)n[nH]2)no1. The van der Waals surface area contributed by atoms with E-state index in [1.165, 1.54) is 0 Å². The average Bonchev–Trinajstić information content (AvgIpc) is 3.07. The molecule has 3 rings (SSSR count). The fourth-order valence-electron chi connectivity index (χ4n) is 2.11. The molecule has 2 aromatic heterocycles. The van der Waals surface area contributed by atoms with Crippen molar-refractivity contribution in [2.75, 3.05) is 25.1 Å². The second-order valence-corrected chi connectivity index (χ2v) is 4.59.